The van der Waals surface area contributed by atoms with E-state index in [1.165, 1.54) is 12.5 Å². The van der Waals surface area contributed by atoms with E-state index in [1.54, 1.807) is 12.1 Å². The van der Waals surface area contributed by atoms with Crippen LogP contribution in [0.15, 0.2) is 18.2 Å². The first-order valence-corrected chi connectivity index (χ1v) is 6.96. The Hall–Kier alpha value is -0.760. The molecule has 0 bridgehead atoms. The Kier molecular flexibility index (Phi) is 3.86. The monoisotopic (exact) mass is 269 g/mol. The van der Waals surface area contributed by atoms with Crippen molar-refractivity contribution in [1.29, 1.82) is 0 Å². The van der Waals surface area contributed by atoms with Gasteiger partial charge in [-0.25, -0.2) is 4.39 Å². The van der Waals surface area contributed by atoms with E-state index in [1.807, 2.05) is 0 Å². The molecule has 0 aliphatic heterocycles. The van der Waals surface area contributed by atoms with Gasteiger partial charge in [-0.3, -0.25) is 0 Å². The number of para-hydroxylation sites is 1. The smallest absolute Gasteiger partial charge is 0.147 e. The van der Waals surface area contributed by atoms with E-state index < -0.39 is 0 Å². The lowest BCUT2D eigenvalue weighted by Gasteiger charge is -2.39. The maximum Gasteiger partial charge on any atom is 0.147 e. The molecule has 0 aromatic heterocycles. The van der Waals surface area contributed by atoms with Gasteiger partial charge in [0, 0.05) is 6.04 Å². The van der Waals surface area contributed by atoms with Crippen LogP contribution in [0.5, 0.6) is 0 Å². The SMILES string of the molecule is CC1CC(Nc2c(F)cccc2Cl)CC(C)(C)C1. The third kappa shape index (κ3) is 3.17. The fourth-order valence-electron chi connectivity index (χ4n) is 3.30. The molecule has 2 unspecified atom stereocenters. The third-order valence-corrected chi connectivity index (χ3v) is 4.01. The van der Waals surface area contributed by atoms with Gasteiger partial charge in [0.15, 0.2) is 0 Å². The van der Waals surface area contributed by atoms with Crippen LogP contribution in [0.2, 0.25) is 5.02 Å². The van der Waals surface area contributed by atoms with E-state index in [9.17, 15) is 4.39 Å². The number of nitrogens with one attached hydrogen (secondary N) is 1. The molecule has 2 rings (SSSR count). The van der Waals surface area contributed by atoms with Crippen LogP contribution in [0.1, 0.15) is 40.0 Å². The van der Waals surface area contributed by atoms with Gasteiger partial charge in [-0.2, -0.15) is 0 Å². The topological polar surface area (TPSA) is 12.0 Å². The van der Waals surface area contributed by atoms with Gasteiger partial charge in [0.05, 0.1) is 10.7 Å². The average Bonchev–Trinajstić information content (AvgIpc) is 2.21. The molecule has 1 aliphatic rings. The second kappa shape index (κ2) is 5.08. The van der Waals surface area contributed by atoms with E-state index in [2.05, 4.69) is 26.1 Å². The Balaban J connectivity index is 2.14. The van der Waals surface area contributed by atoms with Crippen molar-refractivity contribution in [2.45, 2.75) is 46.1 Å². The van der Waals surface area contributed by atoms with E-state index in [-0.39, 0.29) is 5.82 Å². The van der Waals surface area contributed by atoms with E-state index in [4.69, 9.17) is 11.6 Å². The summed E-state index contributed by atoms with van der Waals surface area (Å²) in [5.41, 5.74) is 0.765. The molecule has 100 valence electrons. The summed E-state index contributed by atoms with van der Waals surface area (Å²) >= 11 is 6.05. The van der Waals surface area contributed by atoms with Crippen molar-refractivity contribution < 1.29 is 4.39 Å². The highest BCUT2D eigenvalue weighted by molar-refractivity contribution is 6.33. The molecule has 2 atom stereocenters. The van der Waals surface area contributed by atoms with Gasteiger partial charge in [0.2, 0.25) is 0 Å². The van der Waals surface area contributed by atoms with Gasteiger partial charge in [-0.1, -0.05) is 38.4 Å². The number of hydrogen-bond donors (Lipinski definition) is 1. The summed E-state index contributed by atoms with van der Waals surface area (Å²) in [5, 5.41) is 3.76. The molecule has 0 radical (unpaired) electrons. The highest BCUT2D eigenvalue weighted by Gasteiger charge is 2.32. The van der Waals surface area contributed by atoms with Gasteiger partial charge in [-0.15, -0.1) is 0 Å². The van der Waals surface area contributed by atoms with Crippen molar-refractivity contribution in [3.63, 3.8) is 0 Å². The zero-order valence-corrected chi connectivity index (χ0v) is 12.0. The first kappa shape index (κ1) is 13.7. The van der Waals surface area contributed by atoms with Crippen LogP contribution in [-0.2, 0) is 0 Å². The quantitative estimate of drug-likeness (QED) is 0.787. The van der Waals surface area contributed by atoms with Crippen LogP contribution in [0.3, 0.4) is 0 Å². The molecular weight excluding hydrogens is 249 g/mol. The minimum atomic E-state index is -0.265. The maximum atomic E-state index is 13.7. The minimum absolute atomic E-state index is 0.265. The summed E-state index contributed by atoms with van der Waals surface area (Å²) in [7, 11) is 0. The summed E-state index contributed by atoms with van der Waals surface area (Å²) in [5.74, 6) is 0.398. The second-order valence-electron chi connectivity index (χ2n) is 6.35. The van der Waals surface area contributed by atoms with Crippen molar-refractivity contribution in [2.24, 2.45) is 11.3 Å². The van der Waals surface area contributed by atoms with Crippen molar-refractivity contribution >= 4 is 17.3 Å². The number of rotatable bonds is 2. The minimum Gasteiger partial charge on any atom is -0.379 e. The highest BCUT2D eigenvalue weighted by Crippen LogP contribution is 2.40. The molecule has 1 fully saturated rings. The molecule has 3 heteroatoms. The maximum absolute atomic E-state index is 13.7. The molecule has 1 saturated carbocycles. The number of anilines is 1. The third-order valence-electron chi connectivity index (χ3n) is 3.70. The Morgan fingerprint density at radius 3 is 2.67 bits per heavy atom. The lowest BCUT2D eigenvalue weighted by atomic mass is 9.70. The summed E-state index contributed by atoms with van der Waals surface area (Å²) in [6.07, 6.45) is 3.37. The van der Waals surface area contributed by atoms with E-state index in [0.717, 1.165) is 12.8 Å². The normalized spacial score (nSPS) is 26.9. The zero-order valence-electron chi connectivity index (χ0n) is 11.3. The van der Waals surface area contributed by atoms with Gasteiger partial charge < -0.3 is 5.32 Å². The molecule has 1 aromatic rings. The Labute approximate surface area is 114 Å². The molecule has 1 N–H and O–H groups in total. The molecule has 1 aromatic carbocycles. The molecule has 18 heavy (non-hydrogen) atoms. The molecule has 0 amide bonds. The second-order valence-corrected chi connectivity index (χ2v) is 6.76. The Morgan fingerprint density at radius 2 is 2.06 bits per heavy atom. The van der Waals surface area contributed by atoms with Crippen molar-refractivity contribution in [3.05, 3.63) is 29.0 Å². The Morgan fingerprint density at radius 1 is 1.33 bits per heavy atom. The largest absolute Gasteiger partial charge is 0.379 e. The van der Waals surface area contributed by atoms with Crippen LogP contribution >= 0.6 is 11.6 Å². The highest BCUT2D eigenvalue weighted by atomic mass is 35.5. The van der Waals surface area contributed by atoms with Gasteiger partial charge in [0.25, 0.3) is 0 Å². The van der Waals surface area contributed by atoms with Gasteiger partial charge >= 0.3 is 0 Å². The molecule has 0 spiro atoms. The molecule has 1 nitrogen and oxygen atoms in total. The van der Waals surface area contributed by atoms with Crippen LogP contribution in [0, 0.1) is 17.2 Å². The van der Waals surface area contributed by atoms with Crippen LogP contribution in [0.25, 0.3) is 0 Å². The van der Waals surface area contributed by atoms with Crippen molar-refractivity contribution in [3.8, 4) is 0 Å². The van der Waals surface area contributed by atoms with E-state index >= 15 is 0 Å². The number of halogens is 2. The first-order chi connectivity index (χ1) is 8.37. The van der Waals surface area contributed by atoms with Crippen molar-refractivity contribution in [1.82, 2.24) is 0 Å². The lowest BCUT2D eigenvalue weighted by Crippen LogP contribution is -2.35. The predicted octanol–water partition coefficient (Wildman–Crippen LogP) is 5.11. The molecule has 0 heterocycles. The molecule has 0 saturated heterocycles. The summed E-state index contributed by atoms with van der Waals surface area (Å²) < 4.78 is 13.7. The zero-order chi connectivity index (χ0) is 13.3. The Bertz CT molecular complexity index is 410. The fourth-order valence-corrected chi connectivity index (χ4v) is 3.51. The van der Waals surface area contributed by atoms with Crippen LogP contribution < -0.4 is 5.32 Å². The first-order valence-electron chi connectivity index (χ1n) is 6.58. The predicted molar refractivity (Wildman–Crippen MR) is 75.6 cm³/mol. The van der Waals surface area contributed by atoms with E-state index in [0.29, 0.717) is 28.1 Å². The van der Waals surface area contributed by atoms with Crippen LogP contribution in [-0.4, -0.2) is 6.04 Å². The average molecular weight is 270 g/mol. The lowest BCUT2D eigenvalue weighted by molar-refractivity contribution is 0.178. The standard InChI is InChI=1S/C15H21ClFN/c1-10-7-11(9-15(2,3)8-10)18-14-12(16)5-4-6-13(14)17/h4-6,10-11,18H,7-9H2,1-3H3. The number of benzene rings is 1. The molecular formula is C15H21ClFN. The summed E-state index contributed by atoms with van der Waals surface area (Å²) in [6.45, 7) is 6.82. The fraction of sp³-hybridized carbons (Fsp3) is 0.600. The number of hydrogen-bond acceptors (Lipinski definition) is 1. The van der Waals surface area contributed by atoms with Crippen LogP contribution in [0.4, 0.5) is 10.1 Å². The van der Waals surface area contributed by atoms with Crippen molar-refractivity contribution in [2.75, 3.05) is 5.32 Å². The summed E-state index contributed by atoms with van der Waals surface area (Å²) in [6, 6.07) is 5.12. The summed E-state index contributed by atoms with van der Waals surface area (Å²) in [4.78, 5) is 0. The van der Waals surface area contributed by atoms with Gasteiger partial charge in [0.1, 0.15) is 5.82 Å². The van der Waals surface area contributed by atoms with Gasteiger partial charge in [-0.05, 0) is 42.7 Å². The molecule has 1 aliphatic carbocycles.